The van der Waals surface area contributed by atoms with Crippen LogP contribution in [-0.4, -0.2) is 22.0 Å². The third-order valence-electron chi connectivity index (χ3n) is 3.98. The molecule has 142 valence electrons. The van der Waals surface area contributed by atoms with E-state index < -0.39 is 4.92 Å². The first-order valence-electron chi connectivity index (χ1n) is 8.72. The Balaban J connectivity index is 1.62. The van der Waals surface area contributed by atoms with Gasteiger partial charge in [0.2, 0.25) is 0 Å². The molecule has 0 saturated carbocycles. The molecule has 0 aliphatic rings. The van der Waals surface area contributed by atoms with Gasteiger partial charge in [-0.05, 0) is 42.0 Å². The highest BCUT2D eigenvalue weighted by molar-refractivity contribution is 7.20. The van der Waals surface area contributed by atoms with Crippen LogP contribution in [0.25, 0.3) is 10.2 Å². The second kappa shape index (κ2) is 8.41. The van der Waals surface area contributed by atoms with Crippen molar-refractivity contribution in [3.8, 4) is 0 Å². The minimum absolute atomic E-state index is 0.0379. The third kappa shape index (κ3) is 4.50. The summed E-state index contributed by atoms with van der Waals surface area (Å²) < 4.78 is 1.06. The van der Waals surface area contributed by atoms with E-state index in [1.807, 2.05) is 54.6 Å². The van der Waals surface area contributed by atoms with Crippen LogP contribution >= 0.6 is 11.3 Å². The number of nitrogens with zero attached hydrogens (tertiary/aromatic N) is 4. The number of para-hydroxylation sites is 2. The molecule has 3 aromatic carbocycles. The molecule has 0 saturated heterocycles. The Kier molecular flexibility index (Phi) is 5.35. The fourth-order valence-corrected chi connectivity index (χ4v) is 3.48. The van der Waals surface area contributed by atoms with Gasteiger partial charge in [-0.3, -0.25) is 15.5 Å². The van der Waals surface area contributed by atoms with E-state index in [0.717, 1.165) is 26.5 Å². The van der Waals surface area contributed by atoms with Gasteiger partial charge in [0.1, 0.15) is 0 Å². The maximum absolute atomic E-state index is 10.8. The summed E-state index contributed by atoms with van der Waals surface area (Å²) in [5.41, 5.74) is 5.41. The lowest BCUT2D eigenvalue weighted by molar-refractivity contribution is -0.384. The van der Waals surface area contributed by atoms with Crippen molar-refractivity contribution in [2.75, 3.05) is 0 Å². The van der Waals surface area contributed by atoms with Gasteiger partial charge in [-0.25, -0.2) is 9.98 Å². The number of nitro groups is 1. The van der Waals surface area contributed by atoms with Crippen molar-refractivity contribution in [2.24, 2.45) is 10.1 Å². The largest absolute Gasteiger partial charge is 0.269 e. The first kappa shape index (κ1) is 18.5. The summed E-state index contributed by atoms with van der Waals surface area (Å²) in [5.74, 6) is 0.524. The molecule has 4 rings (SSSR count). The molecule has 0 aliphatic carbocycles. The lowest BCUT2D eigenvalue weighted by Crippen LogP contribution is -2.18. The molecule has 0 unspecified atom stereocenters. The second-order valence-electron chi connectivity index (χ2n) is 6.00. The minimum Gasteiger partial charge on any atom is -0.259 e. The van der Waals surface area contributed by atoms with E-state index in [1.54, 1.807) is 18.3 Å². The van der Waals surface area contributed by atoms with E-state index in [9.17, 15) is 10.1 Å². The Bertz CT molecular complexity index is 1170. The fourth-order valence-electron chi connectivity index (χ4n) is 2.58. The number of amidine groups is 1. The van der Waals surface area contributed by atoms with Crippen molar-refractivity contribution in [2.45, 2.75) is 0 Å². The zero-order chi connectivity index (χ0) is 20.1. The van der Waals surface area contributed by atoms with Crippen LogP contribution in [0.5, 0.6) is 0 Å². The molecular formula is C21H15N5O2S. The first-order valence-corrected chi connectivity index (χ1v) is 9.54. The molecule has 0 atom stereocenters. The van der Waals surface area contributed by atoms with Crippen LogP contribution in [0.1, 0.15) is 10.6 Å². The Morgan fingerprint density at radius 3 is 2.45 bits per heavy atom. The smallest absolute Gasteiger partial charge is 0.259 e. The zero-order valence-corrected chi connectivity index (χ0v) is 15.9. The van der Waals surface area contributed by atoms with Crippen LogP contribution in [0.4, 0.5) is 11.4 Å². The molecule has 7 nitrogen and oxygen atoms in total. The molecule has 1 N–H and O–H groups in total. The summed E-state index contributed by atoms with van der Waals surface area (Å²) in [6.45, 7) is 0. The number of thiazole rings is 1. The number of fused-ring (bicyclic) bond motifs is 1. The molecule has 0 spiro atoms. The van der Waals surface area contributed by atoms with Crippen LogP contribution in [-0.2, 0) is 0 Å². The number of hydrazone groups is 1. The van der Waals surface area contributed by atoms with Crippen molar-refractivity contribution >= 4 is 45.0 Å². The monoisotopic (exact) mass is 401 g/mol. The van der Waals surface area contributed by atoms with Gasteiger partial charge in [0, 0.05) is 12.1 Å². The number of nitro benzene ring substituents is 1. The summed E-state index contributed by atoms with van der Waals surface area (Å²) in [6.07, 6.45) is 1.58. The molecule has 0 aliphatic heterocycles. The third-order valence-corrected chi connectivity index (χ3v) is 5.02. The number of aromatic nitrogens is 1. The standard InChI is InChI=1S/C21H15N5O2S/c27-26(28)17-12-10-15(11-13-17)14-22-25-20(23-16-6-2-1-3-7-16)21-24-18-8-4-5-9-19(18)29-21/h1-14H,(H,23,25). The lowest BCUT2D eigenvalue weighted by Gasteiger charge is -2.03. The summed E-state index contributed by atoms with van der Waals surface area (Å²) in [7, 11) is 0. The molecule has 1 heterocycles. The summed E-state index contributed by atoms with van der Waals surface area (Å²) in [5, 5.41) is 15.7. The van der Waals surface area contributed by atoms with Crippen molar-refractivity contribution in [3.63, 3.8) is 0 Å². The Morgan fingerprint density at radius 2 is 1.72 bits per heavy atom. The minimum atomic E-state index is -0.434. The highest BCUT2D eigenvalue weighted by Crippen LogP contribution is 2.23. The normalized spacial score (nSPS) is 11.8. The first-order chi connectivity index (χ1) is 14.2. The van der Waals surface area contributed by atoms with Gasteiger partial charge in [0.25, 0.3) is 5.69 Å². The van der Waals surface area contributed by atoms with Gasteiger partial charge < -0.3 is 0 Å². The molecule has 4 aromatic rings. The average Bonchev–Trinajstić information content (AvgIpc) is 3.18. The predicted octanol–water partition coefficient (Wildman–Crippen LogP) is 4.91. The highest BCUT2D eigenvalue weighted by Gasteiger charge is 2.10. The summed E-state index contributed by atoms with van der Waals surface area (Å²) in [6, 6.07) is 23.6. The fraction of sp³-hybridized carbons (Fsp3) is 0. The molecule has 29 heavy (non-hydrogen) atoms. The Labute approximate surface area is 170 Å². The van der Waals surface area contributed by atoms with Crippen LogP contribution in [0, 0.1) is 10.1 Å². The van der Waals surface area contributed by atoms with Crippen LogP contribution in [0.2, 0.25) is 0 Å². The van der Waals surface area contributed by atoms with Crippen LogP contribution in [0.15, 0.2) is 89.0 Å². The van der Waals surface area contributed by atoms with E-state index in [4.69, 9.17) is 0 Å². The van der Waals surface area contributed by atoms with Gasteiger partial charge in [0.05, 0.1) is 27.0 Å². The van der Waals surface area contributed by atoms with Gasteiger partial charge in [-0.15, -0.1) is 11.3 Å². The summed E-state index contributed by atoms with van der Waals surface area (Å²) >= 11 is 1.52. The average molecular weight is 401 g/mol. The Morgan fingerprint density at radius 1 is 1.00 bits per heavy atom. The van der Waals surface area contributed by atoms with Crippen molar-refractivity contribution in [3.05, 3.63) is 99.5 Å². The number of hydrogen-bond donors (Lipinski definition) is 1. The van der Waals surface area contributed by atoms with E-state index >= 15 is 0 Å². The van der Waals surface area contributed by atoms with E-state index in [0.29, 0.717) is 5.84 Å². The number of aliphatic imine (C=N–C) groups is 1. The van der Waals surface area contributed by atoms with Gasteiger partial charge in [-0.1, -0.05) is 30.3 Å². The predicted molar refractivity (Wildman–Crippen MR) is 116 cm³/mol. The molecular weight excluding hydrogens is 386 g/mol. The number of nitrogens with one attached hydrogen (secondary N) is 1. The van der Waals surface area contributed by atoms with Crippen molar-refractivity contribution in [1.29, 1.82) is 0 Å². The molecule has 0 amide bonds. The topological polar surface area (TPSA) is 92.8 Å². The molecule has 0 radical (unpaired) electrons. The van der Waals surface area contributed by atoms with Crippen molar-refractivity contribution in [1.82, 2.24) is 10.4 Å². The van der Waals surface area contributed by atoms with Crippen molar-refractivity contribution < 1.29 is 4.92 Å². The molecule has 0 bridgehead atoms. The SMILES string of the molecule is O=[N+]([O-])c1ccc(C=NNC(=Nc2ccccc2)c2nc3ccccc3s2)cc1. The van der Waals surface area contributed by atoms with E-state index in [-0.39, 0.29) is 5.69 Å². The molecule has 8 heteroatoms. The molecule has 1 aromatic heterocycles. The number of non-ortho nitro benzene ring substituents is 1. The van der Waals surface area contributed by atoms with Gasteiger partial charge in [0.15, 0.2) is 10.8 Å². The lowest BCUT2D eigenvalue weighted by atomic mass is 10.2. The maximum Gasteiger partial charge on any atom is 0.269 e. The van der Waals surface area contributed by atoms with E-state index in [1.165, 1.54) is 23.5 Å². The van der Waals surface area contributed by atoms with Gasteiger partial charge >= 0.3 is 0 Å². The highest BCUT2D eigenvalue weighted by atomic mass is 32.1. The number of benzene rings is 3. The van der Waals surface area contributed by atoms with Crippen LogP contribution < -0.4 is 5.43 Å². The quantitative estimate of drug-likeness (QED) is 0.223. The maximum atomic E-state index is 10.8. The number of hydrogen-bond acceptors (Lipinski definition) is 6. The second-order valence-corrected chi connectivity index (χ2v) is 7.03. The Hall–Kier alpha value is -3.91. The number of rotatable bonds is 5. The molecule has 0 fully saturated rings. The van der Waals surface area contributed by atoms with E-state index in [2.05, 4.69) is 20.5 Å². The summed E-state index contributed by atoms with van der Waals surface area (Å²) in [4.78, 5) is 19.6. The van der Waals surface area contributed by atoms with Gasteiger partial charge in [-0.2, -0.15) is 5.10 Å². The van der Waals surface area contributed by atoms with Crippen LogP contribution in [0.3, 0.4) is 0 Å². The zero-order valence-electron chi connectivity index (χ0n) is 15.1.